The van der Waals surface area contributed by atoms with Crippen LogP contribution < -0.4 is 0 Å². The van der Waals surface area contributed by atoms with E-state index in [0.29, 0.717) is 12.3 Å². The van der Waals surface area contributed by atoms with Crippen LogP contribution in [0.3, 0.4) is 0 Å². The Hall–Kier alpha value is -2.75. The maximum Gasteiger partial charge on any atom is 0.247 e. The number of aromatic amines is 1. The van der Waals surface area contributed by atoms with Crippen molar-refractivity contribution < 1.29 is 9.21 Å². The number of nitrogens with zero attached hydrogens (tertiary/aromatic N) is 1. The first kappa shape index (κ1) is 13.0. The summed E-state index contributed by atoms with van der Waals surface area (Å²) in [4.78, 5) is 17.7. The number of furan rings is 1. The molecule has 1 amide bonds. The van der Waals surface area contributed by atoms with E-state index in [4.69, 9.17) is 4.42 Å². The molecule has 1 aliphatic rings. The zero-order valence-corrected chi connectivity index (χ0v) is 12.1. The van der Waals surface area contributed by atoms with Crippen molar-refractivity contribution in [2.24, 2.45) is 0 Å². The van der Waals surface area contributed by atoms with Gasteiger partial charge in [-0.05, 0) is 24.3 Å². The van der Waals surface area contributed by atoms with Crippen LogP contribution in [0.4, 0.5) is 0 Å². The van der Waals surface area contributed by atoms with Gasteiger partial charge >= 0.3 is 0 Å². The van der Waals surface area contributed by atoms with E-state index in [1.54, 1.807) is 18.4 Å². The third-order valence-corrected chi connectivity index (χ3v) is 4.13. The van der Waals surface area contributed by atoms with Gasteiger partial charge in [0.05, 0.1) is 6.26 Å². The van der Waals surface area contributed by atoms with Crippen LogP contribution in [0.15, 0.2) is 53.2 Å². The number of H-pyrrole nitrogens is 1. The number of nitrogens with one attached hydrogen (secondary N) is 1. The third-order valence-electron chi connectivity index (χ3n) is 4.13. The van der Waals surface area contributed by atoms with Gasteiger partial charge in [-0.25, -0.2) is 0 Å². The number of benzene rings is 1. The first-order chi connectivity index (χ1) is 10.8. The van der Waals surface area contributed by atoms with Crippen molar-refractivity contribution in [2.75, 3.05) is 6.54 Å². The highest BCUT2D eigenvalue weighted by atomic mass is 16.3. The Bertz CT molecular complexity index is 843. The summed E-state index contributed by atoms with van der Waals surface area (Å²) in [5.74, 6) is 0.713. The normalized spacial score (nSPS) is 14.6. The summed E-state index contributed by atoms with van der Waals surface area (Å²) in [5, 5.41) is 1.21. The molecule has 0 atom stereocenters. The highest BCUT2D eigenvalue weighted by molar-refractivity contribution is 5.92. The fourth-order valence-corrected chi connectivity index (χ4v) is 3.00. The second-order valence-corrected chi connectivity index (χ2v) is 5.49. The largest absolute Gasteiger partial charge is 0.465 e. The van der Waals surface area contributed by atoms with E-state index >= 15 is 0 Å². The molecule has 22 heavy (non-hydrogen) atoms. The summed E-state index contributed by atoms with van der Waals surface area (Å²) in [5.41, 5.74) is 3.63. The Balaban J connectivity index is 1.57. The molecule has 0 aliphatic carbocycles. The Morgan fingerprint density at radius 3 is 3.00 bits per heavy atom. The van der Waals surface area contributed by atoms with Crippen molar-refractivity contribution >= 4 is 22.9 Å². The zero-order valence-electron chi connectivity index (χ0n) is 12.1. The fourth-order valence-electron chi connectivity index (χ4n) is 3.00. The zero-order chi connectivity index (χ0) is 14.9. The van der Waals surface area contributed by atoms with Crippen LogP contribution >= 0.6 is 0 Å². The summed E-state index contributed by atoms with van der Waals surface area (Å²) in [6, 6.07) is 11.9. The first-order valence-corrected chi connectivity index (χ1v) is 7.40. The third kappa shape index (κ3) is 2.22. The molecule has 0 fully saturated rings. The lowest BCUT2D eigenvalue weighted by Crippen LogP contribution is -2.34. The molecule has 1 N–H and O–H groups in total. The minimum Gasteiger partial charge on any atom is -0.465 e. The lowest BCUT2D eigenvalue weighted by atomic mass is 10.0. The topological polar surface area (TPSA) is 49.2 Å². The fraction of sp³-hybridized carbons (Fsp3) is 0.167. The summed E-state index contributed by atoms with van der Waals surface area (Å²) < 4.78 is 5.21. The van der Waals surface area contributed by atoms with Crippen LogP contribution in [0.25, 0.3) is 17.0 Å². The second-order valence-electron chi connectivity index (χ2n) is 5.49. The van der Waals surface area contributed by atoms with E-state index in [2.05, 4.69) is 17.1 Å². The molecule has 0 bridgehead atoms. The molecule has 1 aromatic carbocycles. The van der Waals surface area contributed by atoms with E-state index in [9.17, 15) is 4.79 Å². The van der Waals surface area contributed by atoms with Gasteiger partial charge in [-0.2, -0.15) is 0 Å². The summed E-state index contributed by atoms with van der Waals surface area (Å²) in [6.45, 7) is 1.39. The molecule has 0 saturated heterocycles. The van der Waals surface area contributed by atoms with Crippen molar-refractivity contribution in [3.8, 4) is 0 Å². The monoisotopic (exact) mass is 292 g/mol. The van der Waals surface area contributed by atoms with Crippen molar-refractivity contribution in [1.29, 1.82) is 0 Å². The standard InChI is InChI=1S/C18H16N2O2/c21-18(8-7-13-4-3-11-22-13)20-10-9-17-15(12-20)14-5-1-2-6-16(14)19-17/h1-8,11,19H,9-10,12H2. The van der Waals surface area contributed by atoms with Crippen molar-refractivity contribution in [1.82, 2.24) is 9.88 Å². The van der Waals surface area contributed by atoms with E-state index in [1.807, 2.05) is 29.2 Å². The van der Waals surface area contributed by atoms with E-state index in [-0.39, 0.29) is 5.91 Å². The summed E-state index contributed by atoms with van der Waals surface area (Å²) in [7, 11) is 0. The van der Waals surface area contributed by atoms with Crippen molar-refractivity contribution in [2.45, 2.75) is 13.0 Å². The maximum absolute atomic E-state index is 12.3. The van der Waals surface area contributed by atoms with Gasteiger partial charge in [0.15, 0.2) is 0 Å². The second kappa shape index (κ2) is 5.22. The molecule has 3 heterocycles. The Kier molecular flexibility index (Phi) is 3.07. The molecule has 4 rings (SSSR count). The number of fused-ring (bicyclic) bond motifs is 3. The predicted octanol–water partition coefficient (Wildman–Crippen LogP) is 3.36. The van der Waals surface area contributed by atoms with Crippen molar-refractivity contribution in [3.63, 3.8) is 0 Å². The maximum atomic E-state index is 12.3. The number of para-hydroxylation sites is 1. The Morgan fingerprint density at radius 2 is 2.14 bits per heavy atom. The molecule has 0 unspecified atom stereocenters. The molecule has 0 saturated carbocycles. The van der Waals surface area contributed by atoms with Gasteiger partial charge in [0.25, 0.3) is 0 Å². The van der Waals surface area contributed by atoms with Gasteiger partial charge < -0.3 is 14.3 Å². The molecule has 0 radical (unpaired) electrons. The average molecular weight is 292 g/mol. The molecule has 1 aliphatic heterocycles. The summed E-state index contributed by atoms with van der Waals surface area (Å²) in [6.07, 6.45) is 5.76. The van der Waals surface area contributed by atoms with Crippen LogP contribution in [0.2, 0.25) is 0 Å². The molecule has 2 aromatic heterocycles. The van der Waals surface area contributed by atoms with Crippen molar-refractivity contribution in [3.05, 3.63) is 65.8 Å². The molecular formula is C18H16N2O2. The molecule has 0 spiro atoms. The van der Waals surface area contributed by atoms with E-state index < -0.39 is 0 Å². The van der Waals surface area contributed by atoms with Crippen LogP contribution in [0.1, 0.15) is 17.0 Å². The average Bonchev–Trinajstić information content (AvgIpc) is 3.19. The molecular weight excluding hydrogens is 276 g/mol. The minimum atomic E-state index is 0.0207. The van der Waals surface area contributed by atoms with Crippen LogP contribution in [0.5, 0.6) is 0 Å². The Labute approximate surface area is 128 Å². The van der Waals surface area contributed by atoms with E-state index in [0.717, 1.165) is 18.5 Å². The lowest BCUT2D eigenvalue weighted by Gasteiger charge is -2.26. The van der Waals surface area contributed by atoms with E-state index in [1.165, 1.54) is 16.6 Å². The highest BCUT2D eigenvalue weighted by Gasteiger charge is 2.22. The summed E-state index contributed by atoms with van der Waals surface area (Å²) >= 11 is 0. The van der Waals surface area contributed by atoms with Crippen LogP contribution in [-0.2, 0) is 17.8 Å². The number of carbonyl (C=O) groups excluding carboxylic acids is 1. The van der Waals surface area contributed by atoms with Gasteiger partial charge in [0.2, 0.25) is 5.91 Å². The number of hydrogen-bond acceptors (Lipinski definition) is 2. The Morgan fingerprint density at radius 1 is 1.23 bits per heavy atom. The highest BCUT2D eigenvalue weighted by Crippen LogP contribution is 2.27. The van der Waals surface area contributed by atoms with Gasteiger partial charge in [-0.1, -0.05) is 18.2 Å². The minimum absolute atomic E-state index is 0.0207. The number of aromatic nitrogens is 1. The van der Waals surface area contributed by atoms with Crippen LogP contribution in [0, 0.1) is 0 Å². The smallest absolute Gasteiger partial charge is 0.247 e. The number of amides is 1. The number of rotatable bonds is 2. The quantitative estimate of drug-likeness (QED) is 0.736. The van der Waals surface area contributed by atoms with Gasteiger partial charge in [-0.3, -0.25) is 4.79 Å². The van der Waals surface area contributed by atoms with Gasteiger partial charge in [0, 0.05) is 47.7 Å². The van der Waals surface area contributed by atoms with Gasteiger partial charge in [0.1, 0.15) is 5.76 Å². The number of carbonyl (C=O) groups is 1. The molecule has 110 valence electrons. The van der Waals surface area contributed by atoms with Crippen LogP contribution in [-0.4, -0.2) is 22.3 Å². The lowest BCUT2D eigenvalue weighted by molar-refractivity contribution is -0.126. The molecule has 3 aromatic rings. The predicted molar refractivity (Wildman–Crippen MR) is 85.2 cm³/mol. The molecule has 4 nitrogen and oxygen atoms in total. The van der Waals surface area contributed by atoms with Gasteiger partial charge in [-0.15, -0.1) is 0 Å². The SMILES string of the molecule is O=C(C=Cc1ccco1)N1CCc2[nH]c3ccccc3c2C1. The first-order valence-electron chi connectivity index (χ1n) is 7.40. The number of hydrogen-bond donors (Lipinski definition) is 1. The molecule has 4 heteroatoms.